The van der Waals surface area contributed by atoms with Crippen LogP contribution in [0.15, 0.2) is 0 Å². The summed E-state index contributed by atoms with van der Waals surface area (Å²) < 4.78 is 27.3. The lowest BCUT2D eigenvalue weighted by molar-refractivity contribution is -0.148. The Bertz CT molecular complexity index is 623. The third-order valence-corrected chi connectivity index (χ3v) is 5.54. The number of aliphatic carboxylic acids is 1. The number of alkyl halides is 2. The Morgan fingerprint density at radius 1 is 1.07 bits per heavy atom. The summed E-state index contributed by atoms with van der Waals surface area (Å²) in [5.74, 6) is -4.05. The van der Waals surface area contributed by atoms with Gasteiger partial charge in [-0.25, -0.2) is 18.4 Å². The molecule has 1 aliphatic carbocycles. The molecule has 0 bridgehead atoms. The zero-order valence-electron chi connectivity index (χ0n) is 17.2. The second kappa shape index (κ2) is 7.83. The summed E-state index contributed by atoms with van der Waals surface area (Å²) in [6.45, 7) is 5.35. The van der Waals surface area contributed by atoms with Crippen molar-refractivity contribution in [2.24, 2.45) is 5.41 Å². The van der Waals surface area contributed by atoms with Crippen LogP contribution in [0.25, 0.3) is 0 Å². The number of rotatable bonds is 3. The maximum absolute atomic E-state index is 13.6. The Hall–Kier alpha value is -1.93. The molecule has 3 amide bonds. The number of halogens is 2. The molecule has 1 N–H and O–H groups in total. The van der Waals surface area contributed by atoms with Crippen molar-refractivity contribution in [1.82, 2.24) is 14.7 Å². The van der Waals surface area contributed by atoms with Crippen LogP contribution in [0.4, 0.5) is 13.6 Å². The van der Waals surface area contributed by atoms with Crippen LogP contribution in [-0.2, 0) is 9.59 Å². The predicted molar refractivity (Wildman–Crippen MR) is 99.1 cm³/mol. The molecular formula is C19H31F2N3O4. The second-order valence-electron chi connectivity index (χ2n) is 9.12. The van der Waals surface area contributed by atoms with Crippen LogP contribution < -0.4 is 0 Å². The number of hydrogen-bond donors (Lipinski definition) is 1. The van der Waals surface area contributed by atoms with Crippen molar-refractivity contribution in [2.45, 2.75) is 76.9 Å². The van der Waals surface area contributed by atoms with Gasteiger partial charge in [0, 0.05) is 51.4 Å². The van der Waals surface area contributed by atoms with E-state index >= 15 is 0 Å². The fourth-order valence-corrected chi connectivity index (χ4v) is 4.04. The van der Waals surface area contributed by atoms with E-state index in [9.17, 15) is 28.3 Å². The number of carbonyl (C=O) groups excluding carboxylic acids is 2. The normalized spacial score (nSPS) is 25.5. The lowest BCUT2D eigenvalue weighted by Crippen LogP contribution is -2.54. The SMILES string of the molecule is CN(C)C(=O)N1C[C@@H](N(C(=O)C(C)(C)C)C2CCC(F)(F)CC2)C[C@H]1C(=O)O. The third kappa shape index (κ3) is 4.72. The first-order chi connectivity index (χ1) is 12.7. The Morgan fingerprint density at radius 2 is 1.61 bits per heavy atom. The smallest absolute Gasteiger partial charge is 0.326 e. The van der Waals surface area contributed by atoms with E-state index in [1.54, 1.807) is 25.7 Å². The lowest BCUT2D eigenvalue weighted by atomic mass is 9.86. The molecule has 0 unspecified atom stereocenters. The van der Waals surface area contributed by atoms with Crippen molar-refractivity contribution >= 4 is 17.9 Å². The predicted octanol–water partition coefficient (Wildman–Crippen LogP) is 2.65. The highest BCUT2D eigenvalue weighted by molar-refractivity contribution is 5.85. The van der Waals surface area contributed by atoms with Crippen LogP contribution in [0, 0.1) is 5.41 Å². The van der Waals surface area contributed by atoms with Gasteiger partial charge in [0.1, 0.15) is 6.04 Å². The van der Waals surface area contributed by atoms with Crippen LogP contribution in [-0.4, -0.2) is 82.4 Å². The summed E-state index contributed by atoms with van der Waals surface area (Å²) in [4.78, 5) is 41.5. The molecule has 0 radical (unpaired) electrons. The molecule has 28 heavy (non-hydrogen) atoms. The van der Waals surface area contributed by atoms with E-state index in [-0.39, 0.29) is 50.6 Å². The summed E-state index contributed by atoms with van der Waals surface area (Å²) in [6.07, 6.45) is -0.138. The molecule has 0 aromatic heterocycles. The molecule has 160 valence electrons. The van der Waals surface area contributed by atoms with Gasteiger partial charge in [0.25, 0.3) is 0 Å². The zero-order valence-corrected chi connectivity index (χ0v) is 17.2. The molecule has 0 aromatic carbocycles. The standard InChI is InChI=1S/C19H31F2N3O4/c1-18(2,3)16(27)24(12-6-8-19(20,21)9-7-12)13-10-14(15(25)26)23(11-13)17(28)22(4)5/h12-14H,6-11H2,1-5H3,(H,25,26)/t13-,14-/m0/s1. The molecule has 2 atom stereocenters. The Morgan fingerprint density at radius 3 is 2.04 bits per heavy atom. The van der Waals surface area contributed by atoms with Gasteiger partial charge in [0.2, 0.25) is 11.8 Å². The zero-order chi connectivity index (χ0) is 21.4. The first kappa shape index (κ1) is 22.4. The van der Waals surface area contributed by atoms with Gasteiger partial charge in [-0.3, -0.25) is 4.79 Å². The van der Waals surface area contributed by atoms with Crippen molar-refractivity contribution in [2.75, 3.05) is 20.6 Å². The van der Waals surface area contributed by atoms with Crippen molar-refractivity contribution in [3.05, 3.63) is 0 Å². The minimum atomic E-state index is -2.72. The molecule has 1 heterocycles. The maximum atomic E-state index is 13.6. The van der Waals surface area contributed by atoms with Gasteiger partial charge in [0.05, 0.1) is 6.04 Å². The molecule has 2 aliphatic rings. The van der Waals surface area contributed by atoms with Gasteiger partial charge >= 0.3 is 12.0 Å². The number of carbonyl (C=O) groups is 3. The summed E-state index contributed by atoms with van der Waals surface area (Å²) in [7, 11) is 3.08. The van der Waals surface area contributed by atoms with Crippen molar-refractivity contribution in [3.63, 3.8) is 0 Å². The molecular weight excluding hydrogens is 372 g/mol. The van der Waals surface area contributed by atoms with Gasteiger partial charge in [-0.2, -0.15) is 0 Å². The molecule has 1 saturated carbocycles. The van der Waals surface area contributed by atoms with Gasteiger partial charge < -0.3 is 19.8 Å². The fraction of sp³-hybridized carbons (Fsp3) is 0.842. The number of likely N-dealkylation sites (tertiary alicyclic amines) is 1. The number of carboxylic acid groups (broad SMARTS) is 1. The Kier molecular flexibility index (Phi) is 6.25. The number of urea groups is 1. The topological polar surface area (TPSA) is 81.2 Å². The fourth-order valence-electron chi connectivity index (χ4n) is 4.04. The average molecular weight is 403 g/mol. The van der Waals surface area contributed by atoms with Gasteiger partial charge in [-0.05, 0) is 12.8 Å². The highest BCUT2D eigenvalue weighted by Crippen LogP contribution is 2.38. The molecule has 0 spiro atoms. The summed E-state index contributed by atoms with van der Waals surface area (Å²) >= 11 is 0. The number of amides is 3. The van der Waals surface area contributed by atoms with Gasteiger partial charge in [-0.1, -0.05) is 20.8 Å². The van der Waals surface area contributed by atoms with Crippen LogP contribution in [0.5, 0.6) is 0 Å². The van der Waals surface area contributed by atoms with Crippen molar-refractivity contribution in [3.8, 4) is 0 Å². The van der Waals surface area contributed by atoms with Crippen LogP contribution >= 0.6 is 0 Å². The van der Waals surface area contributed by atoms with Crippen LogP contribution in [0.3, 0.4) is 0 Å². The molecule has 9 heteroatoms. The molecule has 1 aliphatic heterocycles. The third-order valence-electron chi connectivity index (χ3n) is 5.54. The molecule has 2 fully saturated rings. The molecule has 0 aromatic rings. The summed E-state index contributed by atoms with van der Waals surface area (Å²) in [6, 6.07) is -2.36. The number of carboxylic acids is 1. The Balaban J connectivity index is 2.31. The lowest BCUT2D eigenvalue weighted by Gasteiger charge is -2.43. The molecule has 7 nitrogen and oxygen atoms in total. The minimum absolute atomic E-state index is 0.0860. The number of nitrogens with zero attached hydrogens (tertiary/aromatic N) is 3. The van der Waals surface area contributed by atoms with E-state index in [0.29, 0.717) is 0 Å². The maximum Gasteiger partial charge on any atom is 0.326 e. The second-order valence-corrected chi connectivity index (χ2v) is 9.12. The first-order valence-corrected chi connectivity index (χ1v) is 9.66. The van der Waals surface area contributed by atoms with E-state index in [1.807, 2.05) is 0 Å². The summed E-state index contributed by atoms with van der Waals surface area (Å²) in [5.41, 5.74) is -0.738. The Labute approximate surface area is 164 Å². The average Bonchev–Trinajstić information content (AvgIpc) is 2.99. The quantitative estimate of drug-likeness (QED) is 0.786. The number of hydrogen-bond acceptors (Lipinski definition) is 3. The van der Waals surface area contributed by atoms with E-state index < -0.39 is 35.4 Å². The van der Waals surface area contributed by atoms with Crippen LogP contribution in [0.1, 0.15) is 52.9 Å². The molecule has 2 rings (SSSR count). The molecule has 1 saturated heterocycles. The van der Waals surface area contributed by atoms with Crippen molar-refractivity contribution in [1.29, 1.82) is 0 Å². The minimum Gasteiger partial charge on any atom is -0.480 e. The van der Waals surface area contributed by atoms with E-state index in [0.717, 1.165) is 0 Å². The first-order valence-electron chi connectivity index (χ1n) is 9.66. The van der Waals surface area contributed by atoms with Gasteiger partial charge in [-0.15, -0.1) is 0 Å². The van der Waals surface area contributed by atoms with E-state index in [2.05, 4.69) is 0 Å². The highest BCUT2D eigenvalue weighted by Gasteiger charge is 2.48. The largest absolute Gasteiger partial charge is 0.480 e. The highest BCUT2D eigenvalue weighted by atomic mass is 19.3. The van der Waals surface area contributed by atoms with Gasteiger partial charge in [0.15, 0.2) is 0 Å². The summed E-state index contributed by atoms with van der Waals surface area (Å²) in [5, 5.41) is 9.58. The van der Waals surface area contributed by atoms with E-state index in [1.165, 1.54) is 23.9 Å². The van der Waals surface area contributed by atoms with E-state index in [4.69, 9.17) is 0 Å². The monoisotopic (exact) mass is 403 g/mol. The van der Waals surface area contributed by atoms with Crippen molar-refractivity contribution < 1.29 is 28.3 Å². The van der Waals surface area contributed by atoms with Crippen LogP contribution in [0.2, 0.25) is 0 Å².